The number of nitrogens with zero attached hydrogens (tertiary/aromatic N) is 3. The largest absolute Gasteiger partial charge is 0.435 e. The van der Waals surface area contributed by atoms with Crippen molar-refractivity contribution in [3.05, 3.63) is 212 Å². The molecule has 0 aliphatic heterocycles. The molecular weight excluding hydrogens is 695 g/mol. The second kappa shape index (κ2) is 13.6. The Bertz CT molecular complexity index is 3220. The first-order chi connectivity index (χ1) is 28.3. The predicted molar refractivity (Wildman–Crippen MR) is 237 cm³/mol. The molecule has 0 aliphatic rings. The van der Waals surface area contributed by atoms with Crippen molar-refractivity contribution in [1.29, 1.82) is 0 Å². The molecule has 0 N–H and O–H groups in total. The van der Waals surface area contributed by atoms with Gasteiger partial charge in [-0.05, 0) is 71.8 Å². The van der Waals surface area contributed by atoms with Gasteiger partial charge in [0.05, 0.1) is 22.4 Å². The van der Waals surface area contributed by atoms with Crippen molar-refractivity contribution in [2.24, 2.45) is 0 Å². The van der Waals surface area contributed by atoms with Crippen LogP contribution in [0.2, 0.25) is 0 Å². The van der Waals surface area contributed by atoms with E-state index in [9.17, 15) is 0 Å². The van der Waals surface area contributed by atoms with Gasteiger partial charge in [0.2, 0.25) is 5.89 Å². The number of para-hydroxylation sites is 4. The highest BCUT2D eigenvalue weighted by Gasteiger charge is 2.25. The number of oxazole rings is 1. The first kappa shape index (κ1) is 32.7. The van der Waals surface area contributed by atoms with Crippen molar-refractivity contribution in [2.45, 2.75) is 0 Å². The molecule has 0 atom stereocenters. The number of fused-ring (bicyclic) bond motifs is 6. The Morgan fingerprint density at radius 1 is 0.421 bits per heavy atom. The van der Waals surface area contributed by atoms with Crippen molar-refractivity contribution in [1.82, 2.24) is 9.55 Å². The zero-order valence-electron chi connectivity index (χ0n) is 31.0. The first-order valence-electron chi connectivity index (χ1n) is 19.3. The number of hydrogen-bond acceptors (Lipinski definition) is 3. The molecule has 4 nitrogen and oxygen atoms in total. The van der Waals surface area contributed by atoms with Crippen LogP contribution in [0.5, 0.6) is 0 Å². The molecule has 2 heterocycles. The Labute approximate surface area is 330 Å². The Hall–Kier alpha value is -7.69. The number of aromatic nitrogens is 2. The number of anilines is 3. The lowest BCUT2D eigenvalue weighted by molar-refractivity contribution is 0.621. The van der Waals surface area contributed by atoms with E-state index in [4.69, 9.17) is 9.40 Å². The molecule has 0 saturated heterocycles. The van der Waals surface area contributed by atoms with Gasteiger partial charge in [-0.1, -0.05) is 152 Å². The Balaban J connectivity index is 1.20. The van der Waals surface area contributed by atoms with Gasteiger partial charge in [0.1, 0.15) is 5.52 Å². The smallest absolute Gasteiger partial charge is 0.227 e. The van der Waals surface area contributed by atoms with E-state index in [0.717, 1.165) is 55.9 Å². The van der Waals surface area contributed by atoms with Crippen molar-refractivity contribution in [2.75, 3.05) is 4.90 Å². The van der Waals surface area contributed by atoms with E-state index in [1.165, 1.54) is 38.3 Å². The normalized spacial score (nSPS) is 11.5. The molecule has 0 bridgehead atoms. The van der Waals surface area contributed by atoms with Gasteiger partial charge in [0.15, 0.2) is 5.58 Å². The molecule has 0 unspecified atom stereocenters. The number of hydrogen-bond donors (Lipinski definition) is 0. The highest BCUT2D eigenvalue weighted by atomic mass is 16.3. The lowest BCUT2D eigenvalue weighted by Crippen LogP contribution is -2.12. The van der Waals surface area contributed by atoms with Crippen LogP contribution in [0.15, 0.2) is 217 Å². The molecule has 0 spiro atoms. The van der Waals surface area contributed by atoms with Crippen LogP contribution in [-0.2, 0) is 0 Å². The summed E-state index contributed by atoms with van der Waals surface area (Å²) in [4.78, 5) is 7.37. The van der Waals surface area contributed by atoms with Gasteiger partial charge in [-0.25, -0.2) is 4.98 Å². The first-order valence-corrected chi connectivity index (χ1v) is 19.3. The molecule has 0 saturated carbocycles. The lowest BCUT2D eigenvalue weighted by atomic mass is 9.98. The standard InChI is InChI=1S/C53H35N3O/c1-4-17-36(18-5-1)37-31-33-40(34-32-37)55(48-29-14-12-24-42(48)45-27-16-28-47-52(45)57-53(54-47)38-19-6-2-7-20-38)50-35-46-43-25-13-15-30-49(43)56(39-21-8-3-9-22-39)51(46)44-26-11-10-23-41(44)50/h1-35H. The van der Waals surface area contributed by atoms with Crippen molar-refractivity contribution < 1.29 is 4.42 Å². The van der Waals surface area contributed by atoms with E-state index in [0.29, 0.717) is 5.89 Å². The van der Waals surface area contributed by atoms with Crippen LogP contribution in [0.3, 0.4) is 0 Å². The van der Waals surface area contributed by atoms with Crippen LogP contribution >= 0.6 is 0 Å². The molecule has 4 heteroatoms. The summed E-state index contributed by atoms with van der Waals surface area (Å²) >= 11 is 0. The third-order valence-corrected chi connectivity index (χ3v) is 11.0. The third kappa shape index (κ3) is 5.50. The maximum atomic E-state index is 6.64. The lowest BCUT2D eigenvalue weighted by Gasteiger charge is -2.29. The summed E-state index contributed by atoms with van der Waals surface area (Å²) in [5.74, 6) is 0.607. The molecule has 57 heavy (non-hydrogen) atoms. The molecule has 0 fully saturated rings. The fraction of sp³-hybridized carbons (Fsp3) is 0. The summed E-state index contributed by atoms with van der Waals surface area (Å²) in [6.45, 7) is 0. The average Bonchev–Trinajstić information content (AvgIpc) is 3.88. The molecule has 11 rings (SSSR count). The van der Waals surface area contributed by atoms with Crippen molar-refractivity contribution in [3.63, 3.8) is 0 Å². The fourth-order valence-electron chi connectivity index (χ4n) is 8.44. The van der Waals surface area contributed by atoms with Crippen LogP contribution in [0.1, 0.15) is 0 Å². The SMILES string of the molecule is c1ccc(-c2ccc(N(c3ccccc3-c3cccc4nc(-c5ccccc5)oc34)c3cc4c5ccccc5n(-c5ccccc5)c4c4ccccc34)cc2)cc1. The number of rotatable bonds is 7. The summed E-state index contributed by atoms with van der Waals surface area (Å²) < 4.78 is 9.05. The number of benzene rings is 9. The molecular formula is C53H35N3O. The molecule has 11 aromatic rings. The minimum Gasteiger partial charge on any atom is -0.435 e. The third-order valence-electron chi connectivity index (χ3n) is 11.0. The van der Waals surface area contributed by atoms with E-state index in [1.807, 2.05) is 36.4 Å². The fourth-order valence-corrected chi connectivity index (χ4v) is 8.44. The van der Waals surface area contributed by atoms with Gasteiger partial charge in [-0.2, -0.15) is 0 Å². The van der Waals surface area contributed by atoms with Crippen LogP contribution < -0.4 is 4.90 Å². The van der Waals surface area contributed by atoms with E-state index in [-0.39, 0.29) is 0 Å². The monoisotopic (exact) mass is 729 g/mol. The van der Waals surface area contributed by atoms with Gasteiger partial charge in [0.25, 0.3) is 0 Å². The molecule has 0 amide bonds. The second-order valence-corrected chi connectivity index (χ2v) is 14.3. The van der Waals surface area contributed by atoms with Gasteiger partial charge in [-0.3, -0.25) is 0 Å². The van der Waals surface area contributed by atoms with Crippen molar-refractivity contribution in [3.8, 4) is 39.4 Å². The van der Waals surface area contributed by atoms with Crippen molar-refractivity contribution >= 4 is 60.7 Å². The van der Waals surface area contributed by atoms with Crippen LogP contribution in [0, 0.1) is 0 Å². The van der Waals surface area contributed by atoms with Crippen LogP contribution in [-0.4, -0.2) is 9.55 Å². The average molecular weight is 730 g/mol. The quantitative estimate of drug-likeness (QED) is 0.164. The van der Waals surface area contributed by atoms with E-state index < -0.39 is 0 Å². The topological polar surface area (TPSA) is 34.2 Å². The van der Waals surface area contributed by atoms with Gasteiger partial charge in [0, 0.05) is 49.6 Å². The highest BCUT2D eigenvalue weighted by Crippen LogP contribution is 2.48. The maximum absolute atomic E-state index is 6.64. The Morgan fingerprint density at radius 3 is 1.79 bits per heavy atom. The minimum absolute atomic E-state index is 0.607. The van der Waals surface area contributed by atoms with Crippen LogP contribution in [0.25, 0.3) is 83.1 Å². The minimum atomic E-state index is 0.607. The maximum Gasteiger partial charge on any atom is 0.227 e. The molecule has 9 aromatic carbocycles. The molecule has 268 valence electrons. The van der Waals surface area contributed by atoms with E-state index in [2.05, 4.69) is 185 Å². The molecule has 0 radical (unpaired) electrons. The van der Waals surface area contributed by atoms with Gasteiger partial charge in [-0.15, -0.1) is 0 Å². The summed E-state index contributed by atoms with van der Waals surface area (Å²) in [5, 5.41) is 4.72. The highest BCUT2D eigenvalue weighted by molar-refractivity contribution is 6.22. The molecule has 2 aromatic heterocycles. The zero-order valence-corrected chi connectivity index (χ0v) is 31.0. The summed E-state index contributed by atoms with van der Waals surface area (Å²) in [6.07, 6.45) is 0. The summed E-state index contributed by atoms with van der Waals surface area (Å²) in [6, 6.07) is 75.2. The predicted octanol–water partition coefficient (Wildman–Crippen LogP) is 14.5. The van der Waals surface area contributed by atoms with E-state index in [1.54, 1.807) is 0 Å². The van der Waals surface area contributed by atoms with Gasteiger partial charge >= 0.3 is 0 Å². The van der Waals surface area contributed by atoms with E-state index >= 15 is 0 Å². The molecule has 0 aliphatic carbocycles. The second-order valence-electron chi connectivity index (χ2n) is 14.3. The Morgan fingerprint density at radius 2 is 1.02 bits per heavy atom. The Kier molecular flexibility index (Phi) is 7.78. The summed E-state index contributed by atoms with van der Waals surface area (Å²) in [5.41, 5.74) is 13.6. The van der Waals surface area contributed by atoms with Crippen LogP contribution in [0.4, 0.5) is 17.1 Å². The zero-order chi connectivity index (χ0) is 37.7. The summed E-state index contributed by atoms with van der Waals surface area (Å²) in [7, 11) is 0. The van der Waals surface area contributed by atoms with Gasteiger partial charge < -0.3 is 13.9 Å².